The number of aryl methyl sites for hydroxylation is 1. The Kier molecular flexibility index (Phi) is 9.44. The van der Waals surface area contributed by atoms with Crippen molar-refractivity contribution in [2.75, 3.05) is 18.5 Å². The number of benzene rings is 2. The molecule has 0 bridgehead atoms. The molecular formula is C30H29ClFN3O4S2. The number of thiazole rings is 1. The van der Waals surface area contributed by atoms with E-state index >= 15 is 4.39 Å². The quantitative estimate of drug-likeness (QED) is 0.187. The first-order chi connectivity index (χ1) is 19.9. The summed E-state index contributed by atoms with van der Waals surface area (Å²) in [5, 5.41) is 6.23. The van der Waals surface area contributed by atoms with E-state index in [0.29, 0.717) is 31.6 Å². The Bertz CT molecular complexity index is 1570. The summed E-state index contributed by atoms with van der Waals surface area (Å²) in [4.78, 5) is 44.7. The molecule has 0 saturated carbocycles. The van der Waals surface area contributed by atoms with Gasteiger partial charge in [0.25, 0.3) is 5.91 Å². The van der Waals surface area contributed by atoms with Crippen LogP contribution in [0.1, 0.15) is 58.0 Å². The van der Waals surface area contributed by atoms with Crippen molar-refractivity contribution in [1.82, 2.24) is 9.88 Å². The number of likely N-dealkylation sites (tertiary alicyclic amines) is 1. The van der Waals surface area contributed by atoms with Gasteiger partial charge in [0.05, 0.1) is 41.4 Å². The molecule has 2 aromatic heterocycles. The highest BCUT2D eigenvalue weighted by atomic mass is 35.5. The van der Waals surface area contributed by atoms with Gasteiger partial charge in [-0.15, -0.1) is 22.7 Å². The number of amides is 2. The summed E-state index contributed by atoms with van der Waals surface area (Å²) in [7, 11) is 0. The van der Waals surface area contributed by atoms with Crippen LogP contribution in [-0.2, 0) is 27.2 Å². The Hall–Kier alpha value is -3.18. The molecule has 2 amide bonds. The Labute approximate surface area is 250 Å². The number of carbonyl (C=O) groups excluding carboxylic acids is 3. The van der Waals surface area contributed by atoms with Gasteiger partial charge in [-0.25, -0.2) is 9.37 Å². The second kappa shape index (κ2) is 13.2. The van der Waals surface area contributed by atoms with Gasteiger partial charge in [0.15, 0.2) is 0 Å². The number of aldehydes is 1. The largest absolute Gasteiger partial charge is 0.380 e. The summed E-state index contributed by atoms with van der Waals surface area (Å²) in [5.74, 6) is -1.27. The number of rotatable bonds is 11. The maximum atomic E-state index is 15.3. The van der Waals surface area contributed by atoms with Gasteiger partial charge in [-0.3, -0.25) is 9.59 Å². The summed E-state index contributed by atoms with van der Waals surface area (Å²) in [5.41, 5.74) is 0.767. The fourth-order valence-corrected chi connectivity index (χ4v) is 7.37. The first-order valence-electron chi connectivity index (χ1n) is 13.4. The molecule has 0 unspecified atom stereocenters. The fraction of sp³-hybridized carbons (Fsp3) is 0.333. The van der Waals surface area contributed by atoms with Crippen molar-refractivity contribution in [3.8, 4) is 0 Å². The predicted molar refractivity (Wildman–Crippen MR) is 160 cm³/mol. The van der Waals surface area contributed by atoms with Gasteiger partial charge in [0.1, 0.15) is 17.1 Å². The maximum absolute atomic E-state index is 15.3. The van der Waals surface area contributed by atoms with Crippen LogP contribution in [0, 0.1) is 5.82 Å². The number of anilines is 1. The van der Waals surface area contributed by atoms with E-state index in [0.717, 1.165) is 45.2 Å². The summed E-state index contributed by atoms with van der Waals surface area (Å²) in [6, 6.07) is 9.71. The lowest BCUT2D eigenvalue weighted by Gasteiger charge is -2.29. The topological polar surface area (TPSA) is 88.6 Å². The van der Waals surface area contributed by atoms with E-state index < -0.39 is 5.82 Å². The van der Waals surface area contributed by atoms with Crippen LogP contribution in [0.4, 0.5) is 10.1 Å². The fourth-order valence-electron chi connectivity index (χ4n) is 5.13. The second-order valence-corrected chi connectivity index (χ2v) is 12.2. The van der Waals surface area contributed by atoms with Crippen LogP contribution in [0.3, 0.4) is 0 Å². The van der Waals surface area contributed by atoms with Gasteiger partial charge in [-0.2, -0.15) is 0 Å². The van der Waals surface area contributed by atoms with Gasteiger partial charge in [0, 0.05) is 39.6 Å². The van der Waals surface area contributed by atoms with Crippen molar-refractivity contribution in [3.05, 3.63) is 79.8 Å². The number of ether oxygens (including phenoxy) is 1. The summed E-state index contributed by atoms with van der Waals surface area (Å²) in [6.45, 7) is 2.81. The number of carbonyl (C=O) groups is 3. The number of nitrogens with one attached hydrogen (secondary N) is 1. The molecule has 0 radical (unpaired) electrons. The highest BCUT2D eigenvalue weighted by molar-refractivity contribution is 7.17. The number of hydrogen-bond acceptors (Lipinski definition) is 7. The van der Waals surface area contributed by atoms with E-state index in [1.165, 1.54) is 28.7 Å². The number of halogens is 2. The summed E-state index contributed by atoms with van der Waals surface area (Å²) in [6.07, 6.45) is 4.93. The number of aromatic nitrogens is 1. The van der Waals surface area contributed by atoms with Crippen molar-refractivity contribution < 1.29 is 23.5 Å². The highest BCUT2D eigenvalue weighted by Crippen LogP contribution is 2.39. The lowest BCUT2D eigenvalue weighted by Crippen LogP contribution is -2.40. The van der Waals surface area contributed by atoms with Crippen LogP contribution in [0.15, 0.2) is 48.0 Å². The number of thiophene rings is 1. The first kappa shape index (κ1) is 29.3. The molecule has 11 heteroatoms. The monoisotopic (exact) mass is 613 g/mol. The SMILES string of the molecule is CCOC[C@@H]1CC[C@@H](c2ncc(CCC=O)s2)N1C(=O)Cc1cc(Cl)c(NC(=O)c2csc3ccccc23)cc1F. The molecule has 0 aliphatic carbocycles. The Balaban J connectivity index is 1.33. The predicted octanol–water partition coefficient (Wildman–Crippen LogP) is 6.85. The Morgan fingerprint density at radius 2 is 2.10 bits per heavy atom. The molecule has 1 aliphatic heterocycles. The van der Waals surface area contributed by atoms with Crippen molar-refractivity contribution in [2.24, 2.45) is 0 Å². The van der Waals surface area contributed by atoms with E-state index in [9.17, 15) is 14.4 Å². The molecular weight excluding hydrogens is 585 g/mol. The molecule has 1 fully saturated rings. The van der Waals surface area contributed by atoms with E-state index in [1.807, 2.05) is 31.2 Å². The van der Waals surface area contributed by atoms with Crippen LogP contribution in [0.2, 0.25) is 5.02 Å². The third-order valence-electron chi connectivity index (χ3n) is 7.12. The van der Waals surface area contributed by atoms with E-state index in [2.05, 4.69) is 10.3 Å². The molecule has 7 nitrogen and oxygen atoms in total. The summed E-state index contributed by atoms with van der Waals surface area (Å²) >= 11 is 9.43. The van der Waals surface area contributed by atoms with Crippen LogP contribution in [0.5, 0.6) is 0 Å². The number of hydrogen-bond donors (Lipinski definition) is 1. The Morgan fingerprint density at radius 3 is 2.90 bits per heavy atom. The van der Waals surface area contributed by atoms with Gasteiger partial charge >= 0.3 is 0 Å². The molecule has 1 N–H and O–H groups in total. The molecule has 1 aliphatic rings. The van der Waals surface area contributed by atoms with Crippen LogP contribution in [0.25, 0.3) is 10.1 Å². The van der Waals surface area contributed by atoms with E-state index in [1.54, 1.807) is 16.5 Å². The highest BCUT2D eigenvalue weighted by Gasteiger charge is 2.39. The van der Waals surface area contributed by atoms with Gasteiger partial charge < -0.3 is 19.7 Å². The number of nitrogens with zero attached hydrogens (tertiary/aromatic N) is 2. The molecule has 1 saturated heterocycles. The van der Waals surface area contributed by atoms with Crippen LogP contribution < -0.4 is 5.32 Å². The molecule has 5 rings (SSSR count). The van der Waals surface area contributed by atoms with Crippen molar-refractivity contribution in [1.29, 1.82) is 0 Å². The lowest BCUT2D eigenvalue weighted by atomic mass is 10.1. The van der Waals surface area contributed by atoms with Crippen molar-refractivity contribution >= 4 is 68.1 Å². The minimum absolute atomic E-state index is 0.138. The molecule has 41 heavy (non-hydrogen) atoms. The zero-order valence-corrected chi connectivity index (χ0v) is 24.8. The Morgan fingerprint density at radius 1 is 1.27 bits per heavy atom. The molecule has 3 heterocycles. The smallest absolute Gasteiger partial charge is 0.257 e. The zero-order chi connectivity index (χ0) is 28.9. The average Bonchev–Trinajstić information content (AvgIpc) is 3.71. The maximum Gasteiger partial charge on any atom is 0.257 e. The average molecular weight is 614 g/mol. The minimum atomic E-state index is -0.629. The standard InChI is InChI=1S/C30H29ClFN3O4S2/c1-2-39-16-19-9-10-26(30-33-15-20(41-30)6-5-11-36)35(19)28(37)13-18-12-23(31)25(14-24(18)32)34-29(38)22-17-40-27-8-4-3-7-21(22)27/h3-4,7-8,11-12,14-15,17,19,26H,2,5-6,9-10,13,16H2,1H3,(H,34,38)/t19-,26-/m0/s1. The second-order valence-electron chi connectivity index (χ2n) is 9.78. The first-order valence-corrected chi connectivity index (χ1v) is 15.5. The normalized spacial score (nSPS) is 16.8. The molecule has 4 aromatic rings. The van der Waals surface area contributed by atoms with Crippen molar-refractivity contribution in [2.45, 2.75) is 51.1 Å². The van der Waals surface area contributed by atoms with Crippen LogP contribution in [-0.4, -0.2) is 47.2 Å². The lowest BCUT2D eigenvalue weighted by molar-refractivity contribution is -0.134. The van der Waals surface area contributed by atoms with Crippen LogP contribution >= 0.6 is 34.3 Å². The minimum Gasteiger partial charge on any atom is -0.380 e. The van der Waals surface area contributed by atoms with Crippen molar-refractivity contribution in [3.63, 3.8) is 0 Å². The van der Waals surface area contributed by atoms with Gasteiger partial charge in [-0.05, 0) is 49.9 Å². The van der Waals surface area contributed by atoms with Gasteiger partial charge in [0.2, 0.25) is 5.91 Å². The molecule has 0 spiro atoms. The van der Waals surface area contributed by atoms with E-state index in [4.69, 9.17) is 16.3 Å². The third kappa shape index (κ3) is 6.51. The molecule has 2 atom stereocenters. The molecule has 214 valence electrons. The van der Waals surface area contributed by atoms with Gasteiger partial charge in [-0.1, -0.05) is 29.8 Å². The summed E-state index contributed by atoms with van der Waals surface area (Å²) < 4.78 is 22.0. The molecule has 2 aromatic carbocycles. The van der Waals surface area contributed by atoms with E-state index in [-0.39, 0.29) is 46.6 Å². The number of fused-ring (bicyclic) bond motifs is 1. The zero-order valence-electron chi connectivity index (χ0n) is 22.4. The third-order valence-corrected chi connectivity index (χ3v) is 9.56.